The first-order valence-corrected chi connectivity index (χ1v) is 6.73. The van der Waals surface area contributed by atoms with Gasteiger partial charge in [0.1, 0.15) is 0 Å². The highest BCUT2D eigenvalue weighted by Gasteiger charge is 2.38. The van der Waals surface area contributed by atoms with Gasteiger partial charge in [0.2, 0.25) is 11.7 Å². The molecule has 2 aromatic rings. The number of nitrogens with one attached hydrogen (secondary N) is 1. The number of pyridine rings is 1. The molecule has 7 nitrogen and oxygen atoms in total. The number of nitrogens with two attached hydrogens (primary N) is 2. The van der Waals surface area contributed by atoms with Crippen molar-refractivity contribution >= 4 is 17.9 Å². The molecule has 0 spiro atoms. The number of nitrogen functional groups attached to an aromatic ring is 1. The molecule has 10 heteroatoms. The lowest BCUT2D eigenvalue weighted by Crippen LogP contribution is -2.49. The summed E-state index contributed by atoms with van der Waals surface area (Å²) < 4.78 is 39.7. The second-order valence-electron chi connectivity index (χ2n) is 4.97. The largest absolute Gasteiger partial charge is 0.434 e. The summed E-state index contributed by atoms with van der Waals surface area (Å²) in [6, 6.07) is 3.22. The van der Waals surface area contributed by atoms with Crippen LogP contribution in [-0.4, -0.2) is 21.2 Å². The number of anilines is 1. The first kappa shape index (κ1) is 15.9. The van der Waals surface area contributed by atoms with Crippen LogP contribution in [0.25, 0.3) is 5.70 Å². The van der Waals surface area contributed by atoms with E-state index in [9.17, 15) is 13.2 Å². The van der Waals surface area contributed by atoms with Gasteiger partial charge in [-0.15, -0.1) is 0 Å². The number of hydrogen-bond donors (Lipinski definition) is 3. The van der Waals surface area contributed by atoms with Gasteiger partial charge in [-0.1, -0.05) is 0 Å². The summed E-state index contributed by atoms with van der Waals surface area (Å²) in [6.07, 6.45) is 1.99. The van der Waals surface area contributed by atoms with Crippen LogP contribution in [0.4, 0.5) is 19.1 Å². The van der Waals surface area contributed by atoms with Gasteiger partial charge in [0, 0.05) is 41.6 Å². The second-order valence-corrected chi connectivity index (χ2v) is 4.97. The molecule has 0 fully saturated rings. The highest BCUT2D eigenvalue weighted by atomic mass is 19.4. The molecule has 0 saturated carbocycles. The van der Waals surface area contributed by atoms with Gasteiger partial charge in [0.25, 0.3) is 0 Å². The fourth-order valence-corrected chi connectivity index (χ4v) is 2.23. The van der Waals surface area contributed by atoms with E-state index in [1.165, 1.54) is 24.7 Å². The number of rotatable bonds is 2. The molecule has 3 heterocycles. The van der Waals surface area contributed by atoms with E-state index in [1.807, 2.05) is 0 Å². The molecule has 0 amide bonds. The van der Waals surface area contributed by atoms with Crippen molar-refractivity contribution in [2.24, 2.45) is 10.7 Å². The number of nitrogens with zero attached hydrogens (tertiary/aromatic N) is 4. The standard InChI is InChI=1S/C14H12F3N7/c15-13(16,17)11-9(7-21-12(18)23-11)10-3-6-22-14(19,24-10)8-1-4-20-5-2-8/h1-7,24H,19H2,(H2,18,21,23). The minimum Gasteiger partial charge on any atom is -0.368 e. The monoisotopic (exact) mass is 335 g/mol. The SMILES string of the molecule is Nc1ncc(C2=CC=NC(N)(c3ccncc3)N2)c(C(F)(F)F)n1. The van der Waals surface area contributed by atoms with Gasteiger partial charge in [-0.3, -0.25) is 10.7 Å². The Morgan fingerprint density at radius 1 is 1.17 bits per heavy atom. The first-order chi connectivity index (χ1) is 11.3. The van der Waals surface area contributed by atoms with Crippen molar-refractivity contribution in [2.75, 3.05) is 5.73 Å². The Bertz CT molecular complexity index is 817. The molecule has 1 atom stereocenters. The highest BCUT2D eigenvalue weighted by Crippen LogP contribution is 2.34. The number of hydrogen-bond acceptors (Lipinski definition) is 7. The summed E-state index contributed by atoms with van der Waals surface area (Å²) >= 11 is 0. The molecule has 0 aromatic carbocycles. The Hall–Kier alpha value is -3.01. The molecule has 2 aromatic heterocycles. The Kier molecular flexibility index (Phi) is 3.68. The summed E-state index contributed by atoms with van der Waals surface area (Å²) in [6.45, 7) is 0. The molecular formula is C14H12F3N7. The molecule has 0 aliphatic carbocycles. The fraction of sp³-hybridized carbons (Fsp3) is 0.143. The van der Waals surface area contributed by atoms with Crippen LogP contribution >= 0.6 is 0 Å². The van der Waals surface area contributed by atoms with E-state index in [0.717, 1.165) is 6.20 Å². The van der Waals surface area contributed by atoms with E-state index in [1.54, 1.807) is 12.1 Å². The lowest BCUT2D eigenvalue weighted by atomic mass is 10.1. The van der Waals surface area contributed by atoms with Gasteiger partial charge in [0.15, 0.2) is 5.69 Å². The van der Waals surface area contributed by atoms with Crippen molar-refractivity contribution in [3.05, 3.63) is 53.6 Å². The molecular weight excluding hydrogens is 323 g/mol. The van der Waals surface area contributed by atoms with Crippen molar-refractivity contribution in [1.82, 2.24) is 20.3 Å². The van der Waals surface area contributed by atoms with Gasteiger partial charge in [0.05, 0.1) is 0 Å². The molecule has 1 unspecified atom stereocenters. The molecule has 24 heavy (non-hydrogen) atoms. The minimum atomic E-state index is -4.70. The van der Waals surface area contributed by atoms with Crippen LogP contribution in [0.3, 0.4) is 0 Å². The maximum absolute atomic E-state index is 13.2. The zero-order chi connectivity index (χ0) is 17.4. The fourth-order valence-electron chi connectivity index (χ4n) is 2.23. The van der Waals surface area contributed by atoms with E-state index in [4.69, 9.17) is 11.5 Å². The van der Waals surface area contributed by atoms with Crippen LogP contribution in [0.1, 0.15) is 16.8 Å². The molecule has 124 valence electrons. The number of alkyl halides is 3. The highest BCUT2D eigenvalue weighted by molar-refractivity contribution is 5.86. The van der Waals surface area contributed by atoms with Crippen LogP contribution in [0, 0.1) is 0 Å². The lowest BCUT2D eigenvalue weighted by Gasteiger charge is -2.31. The third-order valence-electron chi connectivity index (χ3n) is 3.33. The molecule has 0 saturated heterocycles. The average molecular weight is 335 g/mol. The van der Waals surface area contributed by atoms with Crippen molar-refractivity contribution in [3.63, 3.8) is 0 Å². The van der Waals surface area contributed by atoms with Gasteiger partial charge in [-0.2, -0.15) is 13.2 Å². The quantitative estimate of drug-likeness (QED) is 0.761. The van der Waals surface area contributed by atoms with Crippen molar-refractivity contribution < 1.29 is 13.2 Å². The van der Waals surface area contributed by atoms with Gasteiger partial charge >= 0.3 is 6.18 Å². The smallest absolute Gasteiger partial charge is 0.368 e. The third-order valence-corrected chi connectivity index (χ3v) is 3.33. The summed E-state index contributed by atoms with van der Waals surface area (Å²) in [4.78, 5) is 14.9. The maximum atomic E-state index is 13.2. The van der Waals surface area contributed by atoms with Crippen LogP contribution in [0.2, 0.25) is 0 Å². The molecule has 0 bridgehead atoms. The van der Waals surface area contributed by atoms with Crippen molar-refractivity contribution in [1.29, 1.82) is 0 Å². The Balaban J connectivity index is 2.03. The summed E-state index contributed by atoms with van der Waals surface area (Å²) in [5.41, 5.74) is 10.6. The van der Waals surface area contributed by atoms with Crippen LogP contribution in [0.5, 0.6) is 0 Å². The Morgan fingerprint density at radius 3 is 2.54 bits per heavy atom. The van der Waals surface area contributed by atoms with Crippen LogP contribution < -0.4 is 16.8 Å². The average Bonchev–Trinajstić information content (AvgIpc) is 2.55. The van der Waals surface area contributed by atoms with E-state index in [-0.39, 0.29) is 11.3 Å². The Labute approximate surface area is 134 Å². The summed E-state index contributed by atoms with van der Waals surface area (Å²) in [7, 11) is 0. The predicted octanol–water partition coefficient (Wildman–Crippen LogP) is 1.26. The van der Waals surface area contributed by atoms with Crippen molar-refractivity contribution in [3.8, 4) is 0 Å². The van der Waals surface area contributed by atoms with Crippen LogP contribution in [-0.2, 0) is 12.0 Å². The van der Waals surface area contributed by atoms with Gasteiger partial charge < -0.3 is 11.1 Å². The normalized spacial score (nSPS) is 20.4. The minimum absolute atomic E-state index is 0.0802. The lowest BCUT2D eigenvalue weighted by molar-refractivity contribution is -0.141. The number of halogens is 3. The maximum Gasteiger partial charge on any atom is 0.434 e. The number of allylic oxidation sites excluding steroid dienone is 1. The second kappa shape index (κ2) is 5.57. The van der Waals surface area contributed by atoms with Crippen LogP contribution in [0.15, 0.2) is 41.8 Å². The summed E-state index contributed by atoms with van der Waals surface area (Å²) in [5, 5.41) is 2.79. The number of aromatic nitrogens is 3. The van der Waals surface area contributed by atoms with Gasteiger partial charge in [-0.25, -0.2) is 15.0 Å². The predicted molar refractivity (Wildman–Crippen MR) is 81.2 cm³/mol. The summed E-state index contributed by atoms with van der Waals surface area (Å²) in [5.74, 6) is -1.90. The Morgan fingerprint density at radius 2 is 1.88 bits per heavy atom. The van der Waals surface area contributed by atoms with Crippen molar-refractivity contribution in [2.45, 2.75) is 12.0 Å². The zero-order valence-corrected chi connectivity index (χ0v) is 12.1. The van der Waals surface area contributed by atoms with E-state index in [0.29, 0.717) is 5.56 Å². The molecule has 1 aliphatic rings. The molecule has 5 N–H and O–H groups in total. The molecule has 3 rings (SSSR count). The molecule has 0 radical (unpaired) electrons. The van der Waals surface area contributed by atoms with Gasteiger partial charge in [-0.05, 0) is 18.2 Å². The van der Waals surface area contributed by atoms with E-state index >= 15 is 0 Å². The zero-order valence-electron chi connectivity index (χ0n) is 12.1. The third kappa shape index (κ3) is 2.91. The molecule has 1 aliphatic heterocycles. The van der Waals surface area contributed by atoms with E-state index in [2.05, 4.69) is 25.3 Å². The number of aliphatic imine (C=N–C) groups is 1. The first-order valence-electron chi connectivity index (χ1n) is 6.73. The van der Waals surface area contributed by atoms with E-state index < -0.39 is 23.6 Å². The topological polar surface area (TPSA) is 115 Å².